The van der Waals surface area contributed by atoms with Gasteiger partial charge in [-0.15, -0.1) is 0 Å². The maximum atomic E-state index is 5.45. The minimum Gasteiger partial charge on any atom is -0.382 e. The van der Waals surface area contributed by atoms with Crippen LogP contribution < -0.4 is 5.73 Å². The lowest BCUT2D eigenvalue weighted by Gasteiger charge is -1.98. The molecule has 0 amide bonds. The van der Waals surface area contributed by atoms with Crippen molar-refractivity contribution in [3.8, 4) is 0 Å². The van der Waals surface area contributed by atoms with Crippen LogP contribution in [0.25, 0.3) is 0 Å². The summed E-state index contributed by atoms with van der Waals surface area (Å²) >= 11 is 0. The highest BCUT2D eigenvalue weighted by Crippen LogP contribution is 2.01. The van der Waals surface area contributed by atoms with E-state index in [2.05, 4.69) is 11.9 Å². The number of imidazole rings is 1. The first kappa shape index (κ1) is 8.11. The number of unbranched alkanes of at least 4 members (excludes halogenated alkanes) is 2. The Morgan fingerprint density at radius 1 is 1.55 bits per heavy atom. The second-order valence-electron chi connectivity index (χ2n) is 2.74. The summed E-state index contributed by atoms with van der Waals surface area (Å²) in [5.41, 5.74) is 5.45. The van der Waals surface area contributed by atoms with Crippen LogP contribution >= 0.6 is 0 Å². The van der Waals surface area contributed by atoms with Gasteiger partial charge in [-0.25, -0.2) is 4.98 Å². The molecule has 1 aromatic heterocycles. The van der Waals surface area contributed by atoms with Crippen LogP contribution in [0.1, 0.15) is 26.2 Å². The summed E-state index contributed by atoms with van der Waals surface area (Å²) in [7, 11) is 0. The minimum absolute atomic E-state index is 0.612. The van der Waals surface area contributed by atoms with Gasteiger partial charge in [0.05, 0.1) is 6.33 Å². The van der Waals surface area contributed by atoms with Crippen LogP contribution in [0.5, 0.6) is 0 Å². The second-order valence-corrected chi connectivity index (χ2v) is 2.74. The van der Waals surface area contributed by atoms with Gasteiger partial charge < -0.3 is 10.3 Å². The zero-order valence-corrected chi connectivity index (χ0v) is 6.95. The van der Waals surface area contributed by atoms with E-state index in [0.717, 1.165) is 6.54 Å². The number of nitrogens with zero attached hydrogens (tertiary/aromatic N) is 2. The van der Waals surface area contributed by atoms with Gasteiger partial charge in [-0.2, -0.15) is 0 Å². The molecule has 2 N–H and O–H groups in total. The number of nitrogens with two attached hydrogens (primary N) is 1. The van der Waals surface area contributed by atoms with E-state index in [-0.39, 0.29) is 0 Å². The molecule has 1 rings (SSSR count). The Morgan fingerprint density at radius 3 is 2.91 bits per heavy atom. The molecule has 0 aliphatic heterocycles. The van der Waals surface area contributed by atoms with Gasteiger partial charge in [0.1, 0.15) is 5.82 Å². The van der Waals surface area contributed by atoms with Crippen molar-refractivity contribution in [2.24, 2.45) is 0 Å². The maximum absolute atomic E-state index is 5.45. The number of aromatic nitrogens is 2. The zero-order chi connectivity index (χ0) is 8.10. The lowest BCUT2D eigenvalue weighted by atomic mass is 10.2. The minimum atomic E-state index is 0.612. The van der Waals surface area contributed by atoms with E-state index in [1.807, 2.05) is 10.8 Å². The Bertz CT molecular complexity index is 205. The van der Waals surface area contributed by atoms with Gasteiger partial charge in [-0.3, -0.25) is 0 Å². The topological polar surface area (TPSA) is 43.8 Å². The third kappa shape index (κ3) is 2.62. The third-order valence-corrected chi connectivity index (χ3v) is 1.67. The predicted molar refractivity (Wildman–Crippen MR) is 46.2 cm³/mol. The first-order chi connectivity index (χ1) is 5.33. The van der Waals surface area contributed by atoms with Crippen molar-refractivity contribution in [2.75, 3.05) is 5.73 Å². The molecule has 0 aromatic carbocycles. The number of hydrogen-bond acceptors (Lipinski definition) is 2. The molecule has 0 bridgehead atoms. The van der Waals surface area contributed by atoms with E-state index < -0.39 is 0 Å². The van der Waals surface area contributed by atoms with Gasteiger partial charge in [0.15, 0.2) is 0 Å². The van der Waals surface area contributed by atoms with Crippen LogP contribution in [0.2, 0.25) is 0 Å². The van der Waals surface area contributed by atoms with E-state index in [1.165, 1.54) is 19.3 Å². The molecule has 1 heterocycles. The number of hydrogen-bond donors (Lipinski definition) is 1. The Morgan fingerprint density at radius 2 is 2.36 bits per heavy atom. The van der Waals surface area contributed by atoms with Gasteiger partial charge in [0, 0.05) is 12.7 Å². The molecule has 11 heavy (non-hydrogen) atoms. The molecule has 0 unspecified atom stereocenters. The van der Waals surface area contributed by atoms with E-state index in [4.69, 9.17) is 5.73 Å². The fourth-order valence-electron chi connectivity index (χ4n) is 1.04. The van der Waals surface area contributed by atoms with Crippen molar-refractivity contribution in [1.82, 2.24) is 9.55 Å². The lowest BCUT2D eigenvalue weighted by molar-refractivity contribution is 0.602. The maximum Gasteiger partial charge on any atom is 0.141 e. The van der Waals surface area contributed by atoms with E-state index in [9.17, 15) is 0 Å². The van der Waals surface area contributed by atoms with Crippen LogP contribution in [0.15, 0.2) is 12.5 Å². The number of anilines is 1. The zero-order valence-electron chi connectivity index (χ0n) is 6.95. The summed E-state index contributed by atoms with van der Waals surface area (Å²) in [6, 6.07) is 0. The Labute approximate surface area is 67.2 Å². The van der Waals surface area contributed by atoms with Gasteiger partial charge in [-0.1, -0.05) is 19.8 Å². The summed E-state index contributed by atoms with van der Waals surface area (Å²) in [4.78, 5) is 3.94. The summed E-state index contributed by atoms with van der Waals surface area (Å²) in [5, 5.41) is 0. The largest absolute Gasteiger partial charge is 0.382 e. The third-order valence-electron chi connectivity index (χ3n) is 1.67. The fraction of sp³-hybridized carbons (Fsp3) is 0.625. The van der Waals surface area contributed by atoms with Crippen LogP contribution in [0, 0.1) is 0 Å². The van der Waals surface area contributed by atoms with Gasteiger partial charge in [0.25, 0.3) is 0 Å². The first-order valence-corrected chi connectivity index (χ1v) is 4.10. The number of aryl methyl sites for hydroxylation is 1. The smallest absolute Gasteiger partial charge is 0.141 e. The van der Waals surface area contributed by atoms with Crippen LogP contribution in [-0.2, 0) is 6.54 Å². The first-order valence-electron chi connectivity index (χ1n) is 4.10. The molecule has 0 fully saturated rings. The van der Waals surface area contributed by atoms with E-state index in [1.54, 1.807) is 6.33 Å². The Hall–Kier alpha value is -0.990. The summed E-state index contributed by atoms with van der Waals surface area (Å²) in [6.45, 7) is 3.24. The molecule has 0 aliphatic rings. The summed E-state index contributed by atoms with van der Waals surface area (Å²) in [5.74, 6) is 0.612. The summed E-state index contributed by atoms with van der Waals surface area (Å²) < 4.78 is 2.03. The highest BCUT2D eigenvalue weighted by molar-refractivity contribution is 5.22. The fourth-order valence-corrected chi connectivity index (χ4v) is 1.04. The van der Waals surface area contributed by atoms with Crippen molar-refractivity contribution < 1.29 is 0 Å². The molecule has 0 saturated carbocycles. The molecule has 0 saturated heterocycles. The van der Waals surface area contributed by atoms with E-state index >= 15 is 0 Å². The van der Waals surface area contributed by atoms with Crippen molar-refractivity contribution in [1.29, 1.82) is 0 Å². The van der Waals surface area contributed by atoms with Gasteiger partial charge in [0.2, 0.25) is 0 Å². The molecule has 3 heteroatoms. The van der Waals surface area contributed by atoms with E-state index in [0.29, 0.717) is 5.82 Å². The Kier molecular flexibility index (Phi) is 2.95. The molecule has 3 nitrogen and oxygen atoms in total. The quantitative estimate of drug-likeness (QED) is 0.668. The molecule has 0 atom stereocenters. The molecular weight excluding hydrogens is 138 g/mol. The average Bonchev–Trinajstić information content (AvgIpc) is 2.37. The average molecular weight is 153 g/mol. The van der Waals surface area contributed by atoms with Crippen molar-refractivity contribution in [3.05, 3.63) is 12.5 Å². The van der Waals surface area contributed by atoms with Crippen molar-refractivity contribution in [2.45, 2.75) is 32.7 Å². The molecule has 1 aromatic rings. The number of nitrogen functional groups attached to an aromatic ring is 1. The normalized spacial score (nSPS) is 10.3. The second kappa shape index (κ2) is 4.01. The van der Waals surface area contributed by atoms with Crippen LogP contribution in [0.3, 0.4) is 0 Å². The summed E-state index contributed by atoms with van der Waals surface area (Å²) in [6.07, 6.45) is 7.40. The lowest BCUT2D eigenvalue weighted by Crippen LogP contribution is -1.93. The molecule has 62 valence electrons. The highest BCUT2D eigenvalue weighted by Gasteiger charge is 1.92. The molecule has 0 spiro atoms. The monoisotopic (exact) mass is 153 g/mol. The Balaban J connectivity index is 2.27. The predicted octanol–water partition coefficient (Wildman–Crippen LogP) is 1.66. The molecular formula is C8H15N3. The van der Waals surface area contributed by atoms with Crippen LogP contribution in [0.4, 0.5) is 5.82 Å². The number of rotatable bonds is 4. The van der Waals surface area contributed by atoms with Crippen LogP contribution in [-0.4, -0.2) is 9.55 Å². The highest BCUT2D eigenvalue weighted by atomic mass is 15.1. The van der Waals surface area contributed by atoms with Crippen molar-refractivity contribution in [3.63, 3.8) is 0 Å². The van der Waals surface area contributed by atoms with Crippen molar-refractivity contribution >= 4 is 5.82 Å². The SMILES string of the molecule is CCCCCn1cnc(N)c1. The molecule has 0 aliphatic carbocycles. The standard InChI is InChI=1S/C8H15N3/c1-2-3-4-5-11-6-8(9)10-7-11/h6-7H,2-5,9H2,1H3. The van der Waals surface area contributed by atoms with Gasteiger partial charge in [-0.05, 0) is 6.42 Å². The molecule has 0 radical (unpaired) electrons. The van der Waals surface area contributed by atoms with Gasteiger partial charge >= 0.3 is 0 Å².